The van der Waals surface area contributed by atoms with E-state index in [0.29, 0.717) is 57.0 Å². The van der Waals surface area contributed by atoms with Crippen LogP contribution in [0, 0.1) is 0 Å². The van der Waals surface area contributed by atoms with E-state index in [1.165, 1.54) is 11.8 Å². The van der Waals surface area contributed by atoms with Crippen LogP contribution in [0.15, 0.2) is 46.3 Å². The lowest BCUT2D eigenvalue weighted by Crippen LogP contribution is -2.61. The zero-order valence-corrected chi connectivity index (χ0v) is 19.7. The number of H-pyrrole nitrogens is 1. The summed E-state index contributed by atoms with van der Waals surface area (Å²) in [7, 11) is 0. The normalized spacial score (nSPS) is 15.8. The Hall–Kier alpha value is -3.04. The zero-order chi connectivity index (χ0) is 23.1. The summed E-state index contributed by atoms with van der Waals surface area (Å²) < 4.78 is 12.7. The maximum atomic E-state index is 13.5. The number of halogens is 1. The van der Waals surface area contributed by atoms with Gasteiger partial charge in [0.05, 0.1) is 21.8 Å². The van der Waals surface area contributed by atoms with E-state index >= 15 is 0 Å². The maximum absolute atomic E-state index is 13.5. The highest BCUT2D eigenvalue weighted by Gasteiger charge is 2.46. The molecule has 5 rings (SSSR count). The molecule has 10 heteroatoms. The topological polar surface area (TPSA) is 88.4 Å². The van der Waals surface area contributed by atoms with Gasteiger partial charge in [-0.15, -0.1) is 0 Å². The molecule has 1 aromatic heterocycles. The molecular formula is C23H22ClN4O4S+. The van der Waals surface area contributed by atoms with Crippen LogP contribution in [0.3, 0.4) is 0 Å². The summed E-state index contributed by atoms with van der Waals surface area (Å²) in [5.74, 6) is 1.71. The van der Waals surface area contributed by atoms with Crippen LogP contribution in [0.25, 0.3) is 11.3 Å². The number of fused-ring (bicyclic) bond motifs is 4. The molecule has 0 radical (unpaired) electrons. The Balaban J connectivity index is 1.82. The molecule has 0 saturated carbocycles. The predicted octanol–water partition coefficient (Wildman–Crippen LogP) is 3.91. The van der Waals surface area contributed by atoms with Crippen LogP contribution in [0.5, 0.6) is 11.5 Å². The van der Waals surface area contributed by atoms with Crippen molar-refractivity contribution in [2.45, 2.75) is 38.0 Å². The lowest BCUT2D eigenvalue weighted by Gasteiger charge is -2.32. The van der Waals surface area contributed by atoms with Crippen molar-refractivity contribution < 1.29 is 19.0 Å². The Morgan fingerprint density at radius 1 is 1.27 bits per heavy atom. The Morgan fingerprint density at radius 3 is 2.79 bits per heavy atom. The Kier molecular flexibility index (Phi) is 5.76. The van der Waals surface area contributed by atoms with Crippen LogP contribution >= 0.6 is 23.4 Å². The number of carbonyl (C=O) groups is 1. The molecule has 0 unspecified atom stereocenters. The van der Waals surface area contributed by atoms with E-state index in [1.807, 2.05) is 38.1 Å². The molecule has 3 aromatic rings. The fourth-order valence-corrected chi connectivity index (χ4v) is 5.02. The van der Waals surface area contributed by atoms with Crippen molar-refractivity contribution in [3.63, 3.8) is 0 Å². The van der Waals surface area contributed by atoms with Crippen LogP contribution < -0.4 is 24.6 Å². The number of hydrogen-bond acceptors (Lipinski definition) is 6. The zero-order valence-electron chi connectivity index (χ0n) is 18.1. The number of carbonyl (C=O) groups excluding carboxylic acids is 1. The molecule has 8 nitrogen and oxygen atoms in total. The number of para-hydroxylation sites is 1. The first-order valence-corrected chi connectivity index (χ1v) is 12.1. The van der Waals surface area contributed by atoms with Gasteiger partial charge in [0.1, 0.15) is 0 Å². The first kappa shape index (κ1) is 21.8. The third-order valence-electron chi connectivity index (χ3n) is 5.54. The molecule has 1 N–H and O–H groups in total. The third kappa shape index (κ3) is 3.65. The van der Waals surface area contributed by atoms with E-state index in [1.54, 1.807) is 21.7 Å². The number of nitrogens with one attached hydrogen (secondary N) is 1. The highest BCUT2D eigenvalue weighted by atomic mass is 35.5. The van der Waals surface area contributed by atoms with Crippen LogP contribution in [-0.2, 0) is 4.79 Å². The number of ether oxygens (including phenoxy) is 2. The number of aromatic amines is 1. The SMILES string of the molecule is CCCC(=O)N1c2ccccc2-c2c(=O)[nH]c(SCC)n[n+]2[C@@H]1c1cc2c(cc1Cl)OCO2. The lowest BCUT2D eigenvalue weighted by atomic mass is 10.0. The first-order valence-electron chi connectivity index (χ1n) is 10.7. The van der Waals surface area contributed by atoms with Gasteiger partial charge in [-0.2, -0.15) is 0 Å². The van der Waals surface area contributed by atoms with Crippen LogP contribution in [0.1, 0.15) is 38.4 Å². The molecule has 170 valence electrons. The van der Waals surface area contributed by atoms with Gasteiger partial charge in [0.25, 0.3) is 6.17 Å². The Morgan fingerprint density at radius 2 is 2.03 bits per heavy atom. The molecule has 1 amide bonds. The van der Waals surface area contributed by atoms with Gasteiger partial charge >= 0.3 is 11.3 Å². The minimum Gasteiger partial charge on any atom is -0.454 e. The molecule has 0 spiro atoms. The third-order valence-corrected chi connectivity index (χ3v) is 6.61. The van der Waals surface area contributed by atoms with E-state index in [9.17, 15) is 9.59 Å². The summed E-state index contributed by atoms with van der Waals surface area (Å²) in [4.78, 5) is 31.3. The van der Waals surface area contributed by atoms with Gasteiger partial charge in [-0.3, -0.25) is 14.6 Å². The monoisotopic (exact) mass is 485 g/mol. The quantitative estimate of drug-likeness (QED) is 0.435. The average Bonchev–Trinajstić information content (AvgIpc) is 3.25. The van der Waals surface area contributed by atoms with Crippen molar-refractivity contribution in [3.8, 4) is 22.8 Å². The molecule has 0 saturated heterocycles. The number of thioether (sulfide) groups is 1. The molecule has 1 atom stereocenters. The van der Waals surface area contributed by atoms with Gasteiger partial charge in [0.2, 0.25) is 17.9 Å². The van der Waals surface area contributed by atoms with E-state index < -0.39 is 6.17 Å². The smallest absolute Gasteiger partial charge is 0.325 e. The van der Waals surface area contributed by atoms with Gasteiger partial charge in [-0.1, -0.05) is 49.3 Å². The minimum atomic E-state index is -0.769. The fourth-order valence-electron chi connectivity index (χ4n) is 4.19. The largest absolute Gasteiger partial charge is 0.454 e. The predicted molar refractivity (Wildman–Crippen MR) is 125 cm³/mol. The molecular weight excluding hydrogens is 464 g/mol. The summed E-state index contributed by atoms with van der Waals surface area (Å²) in [6.45, 7) is 4.03. The molecule has 2 aliphatic rings. The highest BCUT2D eigenvalue weighted by Crippen LogP contribution is 2.43. The highest BCUT2D eigenvalue weighted by molar-refractivity contribution is 7.99. The van der Waals surface area contributed by atoms with Crippen LogP contribution in [-0.4, -0.2) is 28.5 Å². The van der Waals surface area contributed by atoms with E-state index in [4.69, 9.17) is 26.2 Å². The van der Waals surface area contributed by atoms with Crippen molar-refractivity contribution in [2.75, 3.05) is 17.4 Å². The number of nitrogens with zero attached hydrogens (tertiary/aromatic N) is 3. The van der Waals surface area contributed by atoms with Crippen molar-refractivity contribution >= 4 is 35.0 Å². The fraction of sp³-hybridized carbons (Fsp3) is 0.304. The van der Waals surface area contributed by atoms with E-state index in [-0.39, 0.29) is 18.3 Å². The van der Waals surface area contributed by atoms with Crippen molar-refractivity contribution in [3.05, 3.63) is 57.3 Å². The van der Waals surface area contributed by atoms with Crippen molar-refractivity contribution in [1.82, 2.24) is 10.1 Å². The maximum Gasteiger partial charge on any atom is 0.325 e. The summed E-state index contributed by atoms with van der Waals surface area (Å²) >= 11 is 8.13. The first-order chi connectivity index (χ1) is 16.0. The number of hydrogen-bond donors (Lipinski definition) is 1. The van der Waals surface area contributed by atoms with E-state index in [0.717, 1.165) is 5.75 Å². The van der Waals surface area contributed by atoms with E-state index in [2.05, 4.69) is 4.98 Å². The van der Waals surface area contributed by atoms with Gasteiger partial charge in [0, 0.05) is 17.6 Å². The molecule has 0 fully saturated rings. The molecule has 0 bridgehead atoms. The Labute approximate surface area is 199 Å². The second-order valence-corrected chi connectivity index (χ2v) is 9.28. The number of anilines is 1. The number of rotatable bonds is 5. The van der Waals surface area contributed by atoms with Crippen molar-refractivity contribution in [2.24, 2.45) is 0 Å². The summed E-state index contributed by atoms with van der Waals surface area (Å²) in [6, 6.07) is 10.8. The number of benzene rings is 2. The molecule has 2 aliphatic heterocycles. The van der Waals surface area contributed by atoms with Crippen LogP contribution in [0.2, 0.25) is 5.02 Å². The standard InChI is InChI=1S/C23H21ClN4O4S/c1-3-7-19(29)27-16-9-6-5-8-13(16)20-21(30)25-23(33-4-2)26-28(20)22(27)14-10-17-18(11-15(14)24)32-12-31-17/h5-6,8-11,22H,3-4,7,12H2,1-2H3/p+1/t22-/m1/s1. The van der Waals surface area contributed by atoms with Gasteiger partial charge < -0.3 is 9.47 Å². The van der Waals surface area contributed by atoms with Gasteiger partial charge in [-0.05, 0) is 35.1 Å². The molecule has 3 heterocycles. The molecule has 0 aliphatic carbocycles. The minimum absolute atomic E-state index is 0.0893. The summed E-state index contributed by atoms with van der Waals surface area (Å²) in [6.07, 6.45) is 0.244. The second kappa shape index (κ2) is 8.72. The van der Waals surface area contributed by atoms with Crippen LogP contribution in [0.4, 0.5) is 5.69 Å². The molecule has 33 heavy (non-hydrogen) atoms. The molecule has 2 aromatic carbocycles. The Bertz CT molecular complexity index is 1310. The van der Waals surface area contributed by atoms with Crippen molar-refractivity contribution in [1.29, 1.82) is 0 Å². The van der Waals surface area contributed by atoms with Gasteiger partial charge in [-0.25, -0.2) is 4.90 Å². The summed E-state index contributed by atoms with van der Waals surface area (Å²) in [5, 5.41) is 5.61. The lowest BCUT2D eigenvalue weighted by molar-refractivity contribution is -0.763. The number of aromatic nitrogens is 3. The summed E-state index contributed by atoms with van der Waals surface area (Å²) in [5.41, 5.74) is 1.95. The second-order valence-electron chi connectivity index (χ2n) is 7.62. The van der Waals surface area contributed by atoms with Gasteiger partial charge in [0.15, 0.2) is 11.5 Å². The average molecular weight is 486 g/mol. The number of amides is 1.